The van der Waals surface area contributed by atoms with Gasteiger partial charge in [0.1, 0.15) is 4.83 Å². The average molecular weight is 247 g/mol. The molecule has 90 valence electrons. The van der Waals surface area contributed by atoms with Crippen LogP contribution in [0.5, 0.6) is 0 Å². The van der Waals surface area contributed by atoms with E-state index in [-0.39, 0.29) is 0 Å². The first kappa shape index (κ1) is 9.97. The number of hydrogen-bond acceptors (Lipinski definition) is 3. The molecule has 0 radical (unpaired) electrons. The monoisotopic (exact) mass is 247 g/mol. The Hall–Kier alpha value is -1.00. The van der Waals surface area contributed by atoms with Crippen molar-refractivity contribution in [2.75, 3.05) is 31.2 Å². The van der Waals surface area contributed by atoms with Crippen LogP contribution in [0.15, 0.2) is 23.7 Å². The molecule has 1 atom stereocenters. The standard InChI is InChI=1S/C13H17N3S/c1-2-12-10-15(8-7-14(12)5-1)16-6-3-11-4-9-17-13(11)16/h3-4,6,9,12H,1-2,5,7-8,10H2. The van der Waals surface area contributed by atoms with E-state index in [0.717, 1.165) is 12.6 Å². The first-order valence-corrected chi connectivity index (χ1v) is 7.33. The second-order valence-corrected chi connectivity index (χ2v) is 5.98. The summed E-state index contributed by atoms with van der Waals surface area (Å²) in [6.45, 7) is 4.91. The van der Waals surface area contributed by atoms with Crippen LogP contribution in [0.25, 0.3) is 10.2 Å². The molecule has 3 nitrogen and oxygen atoms in total. The van der Waals surface area contributed by atoms with Crippen molar-refractivity contribution in [1.82, 2.24) is 9.58 Å². The van der Waals surface area contributed by atoms with Crippen LogP contribution in [0, 0.1) is 0 Å². The highest BCUT2D eigenvalue weighted by Gasteiger charge is 2.30. The first-order chi connectivity index (χ1) is 8.42. The lowest BCUT2D eigenvalue weighted by Gasteiger charge is -2.39. The van der Waals surface area contributed by atoms with Crippen LogP contribution in [0.3, 0.4) is 0 Å². The predicted molar refractivity (Wildman–Crippen MR) is 72.4 cm³/mol. The maximum absolute atomic E-state index is 2.66. The van der Waals surface area contributed by atoms with Crippen LogP contribution in [-0.2, 0) is 0 Å². The smallest absolute Gasteiger partial charge is 0.122 e. The minimum absolute atomic E-state index is 0.793. The summed E-state index contributed by atoms with van der Waals surface area (Å²) in [5.41, 5.74) is 0. The van der Waals surface area contributed by atoms with Crippen molar-refractivity contribution in [3.63, 3.8) is 0 Å². The normalized spacial score (nSPS) is 25.6. The molecule has 0 saturated carbocycles. The molecule has 4 heteroatoms. The molecule has 2 fully saturated rings. The molecule has 0 aromatic carbocycles. The molecule has 4 rings (SSSR count). The van der Waals surface area contributed by atoms with Crippen molar-refractivity contribution in [3.8, 4) is 0 Å². The van der Waals surface area contributed by atoms with Crippen molar-refractivity contribution in [3.05, 3.63) is 23.7 Å². The van der Waals surface area contributed by atoms with Crippen LogP contribution >= 0.6 is 11.3 Å². The third-order valence-corrected chi connectivity index (χ3v) is 5.07. The van der Waals surface area contributed by atoms with Gasteiger partial charge >= 0.3 is 0 Å². The fraction of sp³-hybridized carbons (Fsp3) is 0.538. The summed E-state index contributed by atoms with van der Waals surface area (Å²) in [6, 6.07) is 5.23. The summed E-state index contributed by atoms with van der Waals surface area (Å²) >= 11 is 1.85. The molecule has 2 aromatic rings. The Morgan fingerprint density at radius 1 is 1.18 bits per heavy atom. The van der Waals surface area contributed by atoms with Gasteiger partial charge in [0, 0.05) is 30.7 Å². The molecule has 0 amide bonds. The second-order valence-electron chi connectivity index (χ2n) is 5.09. The highest BCUT2D eigenvalue weighted by atomic mass is 32.1. The van der Waals surface area contributed by atoms with E-state index in [1.54, 1.807) is 0 Å². The summed E-state index contributed by atoms with van der Waals surface area (Å²) in [5.74, 6) is 0. The average Bonchev–Trinajstić information content (AvgIpc) is 3.03. The van der Waals surface area contributed by atoms with E-state index in [2.05, 4.69) is 38.3 Å². The molecule has 4 heterocycles. The number of hydrogen-bond donors (Lipinski definition) is 0. The minimum atomic E-state index is 0.793. The minimum Gasteiger partial charge on any atom is -0.309 e. The van der Waals surface area contributed by atoms with E-state index in [0.29, 0.717) is 0 Å². The predicted octanol–water partition coefficient (Wildman–Crippen LogP) is 2.12. The van der Waals surface area contributed by atoms with Gasteiger partial charge in [-0.3, -0.25) is 9.58 Å². The number of nitrogens with zero attached hydrogens (tertiary/aromatic N) is 3. The van der Waals surface area contributed by atoms with Gasteiger partial charge in [-0.15, -0.1) is 11.3 Å². The molecule has 0 N–H and O–H groups in total. The van der Waals surface area contributed by atoms with Gasteiger partial charge in [-0.1, -0.05) is 0 Å². The van der Waals surface area contributed by atoms with Crippen LogP contribution in [0.1, 0.15) is 12.8 Å². The Kier molecular flexibility index (Phi) is 2.20. The lowest BCUT2D eigenvalue weighted by atomic mass is 10.2. The van der Waals surface area contributed by atoms with E-state index < -0.39 is 0 Å². The van der Waals surface area contributed by atoms with E-state index >= 15 is 0 Å². The van der Waals surface area contributed by atoms with Crippen LogP contribution in [0.4, 0.5) is 0 Å². The molecular weight excluding hydrogens is 230 g/mol. The summed E-state index contributed by atoms with van der Waals surface area (Å²) in [4.78, 5) is 4.06. The van der Waals surface area contributed by atoms with Crippen LogP contribution in [0.2, 0.25) is 0 Å². The van der Waals surface area contributed by atoms with Crippen molar-refractivity contribution >= 4 is 21.6 Å². The van der Waals surface area contributed by atoms with Crippen LogP contribution in [-0.4, -0.2) is 41.8 Å². The van der Waals surface area contributed by atoms with Gasteiger partial charge in [-0.2, -0.15) is 0 Å². The van der Waals surface area contributed by atoms with Gasteiger partial charge in [-0.25, -0.2) is 0 Å². The summed E-state index contributed by atoms with van der Waals surface area (Å²) in [6.07, 6.45) is 5.00. The molecular formula is C13H17N3S. The zero-order chi connectivity index (χ0) is 11.2. The molecule has 0 bridgehead atoms. The lowest BCUT2D eigenvalue weighted by molar-refractivity contribution is 0.213. The SMILES string of the molecule is c1cc2ccn(N3CCN4CCCC4C3)c2s1. The highest BCUT2D eigenvalue weighted by Crippen LogP contribution is 2.25. The first-order valence-electron chi connectivity index (χ1n) is 6.46. The van der Waals surface area contributed by atoms with E-state index in [4.69, 9.17) is 0 Å². The molecule has 0 aliphatic carbocycles. The molecule has 1 unspecified atom stereocenters. The summed E-state index contributed by atoms with van der Waals surface area (Å²) in [7, 11) is 0. The Labute approximate surface area is 105 Å². The van der Waals surface area contributed by atoms with Crippen molar-refractivity contribution in [2.24, 2.45) is 0 Å². The van der Waals surface area contributed by atoms with Gasteiger partial charge in [-0.05, 0) is 36.9 Å². The van der Waals surface area contributed by atoms with Gasteiger partial charge in [0.25, 0.3) is 0 Å². The molecule has 2 aliphatic heterocycles. The zero-order valence-corrected chi connectivity index (χ0v) is 10.7. The summed E-state index contributed by atoms with van der Waals surface area (Å²) in [5, 5.41) is 6.09. The Morgan fingerprint density at radius 2 is 2.18 bits per heavy atom. The van der Waals surface area contributed by atoms with E-state index in [1.165, 1.54) is 42.7 Å². The third-order valence-electron chi connectivity index (χ3n) is 4.15. The molecule has 2 saturated heterocycles. The largest absolute Gasteiger partial charge is 0.309 e. The molecule has 17 heavy (non-hydrogen) atoms. The molecule has 2 aliphatic rings. The van der Waals surface area contributed by atoms with E-state index in [9.17, 15) is 0 Å². The zero-order valence-electron chi connectivity index (χ0n) is 9.88. The quantitative estimate of drug-likeness (QED) is 0.765. The highest BCUT2D eigenvalue weighted by molar-refractivity contribution is 7.16. The number of piperazine rings is 1. The fourth-order valence-electron chi connectivity index (χ4n) is 3.24. The van der Waals surface area contributed by atoms with Gasteiger partial charge in [0.05, 0.1) is 6.54 Å². The van der Waals surface area contributed by atoms with Crippen molar-refractivity contribution < 1.29 is 0 Å². The van der Waals surface area contributed by atoms with Crippen molar-refractivity contribution in [2.45, 2.75) is 18.9 Å². The fourth-order valence-corrected chi connectivity index (χ4v) is 4.14. The Bertz CT molecular complexity index is 529. The molecule has 2 aromatic heterocycles. The number of fused-ring (bicyclic) bond motifs is 2. The van der Waals surface area contributed by atoms with Gasteiger partial charge in [0.15, 0.2) is 0 Å². The number of thiophene rings is 1. The summed E-state index contributed by atoms with van der Waals surface area (Å²) < 4.78 is 2.37. The van der Waals surface area contributed by atoms with E-state index in [1.807, 2.05) is 11.3 Å². The Balaban J connectivity index is 1.65. The lowest BCUT2D eigenvalue weighted by Crippen LogP contribution is -2.54. The van der Waals surface area contributed by atoms with Gasteiger partial charge < -0.3 is 5.01 Å². The van der Waals surface area contributed by atoms with Gasteiger partial charge in [0.2, 0.25) is 0 Å². The number of aromatic nitrogens is 1. The Morgan fingerprint density at radius 3 is 3.18 bits per heavy atom. The maximum Gasteiger partial charge on any atom is 0.122 e. The molecule has 0 spiro atoms. The number of rotatable bonds is 1. The van der Waals surface area contributed by atoms with Crippen LogP contribution < -0.4 is 5.01 Å². The maximum atomic E-state index is 2.66. The van der Waals surface area contributed by atoms with Crippen molar-refractivity contribution in [1.29, 1.82) is 0 Å². The topological polar surface area (TPSA) is 11.4 Å². The second kappa shape index (κ2) is 3.75. The third kappa shape index (κ3) is 1.51.